The summed E-state index contributed by atoms with van der Waals surface area (Å²) >= 11 is 8.16. The summed E-state index contributed by atoms with van der Waals surface area (Å²) in [5.74, 6) is -0.193. The molecular weight excluding hydrogens is 460 g/mol. The molecule has 160 valence electrons. The number of rotatable bonds is 6. The first-order valence-electron chi connectivity index (χ1n) is 9.73. The summed E-state index contributed by atoms with van der Waals surface area (Å²) in [7, 11) is 0. The molecule has 1 heterocycles. The molecule has 0 bridgehead atoms. The van der Waals surface area contributed by atoms with E-state index in [0.29, 0.717) is 21.3 Å². The van der Waals surface area contributed by atoms with Crippen molar-refractivity contribution in [3.05, 3.63) is 105 Å². The van der Waals surface area contributed by atoms with Crippen molar-refractivity contribution in [2.45, 2.75) is 23.3 Å². The average Bonchev–Trinajstić information content (AvgIpc) is 3.04. The molecule has 1 saturated heterocycles. The van der Waals surface area contributed by atoms with Crippen LogP contribution in [0.15, 0.2) is 87.5 Å². The minimum Gasteiger partial charge on any atom is -0.288 e. The maximum Gasteiger partial charge on any atom is 0.270 e. The van der Waals surface area contributed by atoms with Crippen LogP contribution in [0.5, 0.6) is 0 Å². The van der Waals surface area contributed by atoms with Crippen molar-refractivity contribution in [3.8, 4) is 0 Å². The van der Waals surface area contributed by atoms with Crippen LogP contribution in [0.2, 0.25) is 0 Å². The molecule has 32 heavy (non-hydrogen) atoms. The molecule has 0 aromatic heterocycles. The number of carbonyl (C=O) groups is 1. The lowest BCUT2D eigenvalue weighted by atomic mass is 10.1. The van der Waals surface area contributed by atoms with Gasteiger partial charge in [-0.1, -0.05) is 83.8 Å². The molecule has 3 aromatic rings. The van der Waals surface area contributed by atoms with Crippen LogP contribution in [0, 0.1) is 17.0 Å². The van der Waals surface area contributed by atoms with Gasteiger partial charge in [0.2, 0.25) is 0 Å². The highest BCUT2D eigenvalue weighted by molar-refractivity contribution is 8.26. The smallest absolute Gasteiger partial charge is 0.270 e. The van der Waals surface area contributed by atoms with Crippen molar-refractivity contribution >= 4 is 57.7 Å². The number of nitro groups is 1. The maximum absolute atomic E-state index is 13.1. The lowest BCUT2D eigenvalue weighted by Crippen LogP contribution is -2.27. The van der Waals surface area contributed by atoms with Crippen LogP contribution in [-0.2, 0) is 11.3 Å². The van der Waals surface area contributed by atoms with E-state index in [2.05, 4.69) is 0 Å². The van der Waals surface area contributed by atoms with E-state index in [1.165, 1.54) is 35.7 Å². The Morgan fingerprint density at radius 3 is 2.50 bits per heavy atom. The van der Waals surface area contributed by atoms with Crippen molar-refractivity contribution in [1.29, 1.82) is 0 Å². The fourth-order valence-electron chi connectivity index (χ4n) is 3.13. The summed E-state index contributed by atoms with van der Waals surface area (Å²) < 4.78 is 0.475. The Kier molecular flexibility index (Phi) is 6.74. The van der Waals surface area contributed by atoms with E-state index in [1.54, 1.807) is 17.0 Å². The van der Waals surface area contributed by atoms with Crippen molar-refractivity contribution in [2.24, 2.45) is 0 Å². The monoisotopic (exact) mass is 478 g/mol. The molecule has 0 radical (unpaired) electrons. The minimum absolute atomic E-state index is 0.0238. The zero-order valence-electron chi connectivity index (χ0n) is 17.1. The summed E-state index contributed by atoms with van der Waals surface area (Å²) in [6.07, 6.45) is 1.70. The van der Waals surface area contributed by atoms with Gasteiger partial charge in [-0.25, -0.2) is 0 Å². The molecule has 1 aliphatic rings. The number of aryl methyl sites for hydroxylation is 1. The molecule has 0 saturated carbocycles. The molecular formula is C24H18N2O3S3. The average molecular weight is 479 g/mol. The quantitative estimate of drug-likeness (QED) is 0.175. The molecule has 1 aliphatic heterocycles. The minimum atomic E-state index is -0.432. The fraction of sp³-hybridized carbons (Fsp3) is 0.0833. The Hall–Kier alpha value is -2.94. The van der Waals surface area contributed by atoms with Gasteiger partial charge in [-0.15, -0.1) is 0 Å². The first-order chi connectivity index (χ1) is 15.4. The predicted octanol–water partition coefficient (Wildman–Crippen LogP) is 6.46. The lowest BCUT2D eigenvalue weighted by Gasteiger charge is -2.14. The Morgan fingerprint density at radius 2 is 1.81 bits per heavy atom. The Labute approximate surface area is 199 Å². The third-order valence-electron chi connectivity index (χ3n) is 4.80. The van der Waals surface area contributed by atoms with Gasteiger partial charge in [0.25, 0.3) is 11.6 Å². The van der Waals surface area contributed by atoms with Gasteiger partial charge < -0.3 is 0 Å². The van der Waals surface area contributed by atoms with Gasteiger partial charge in [0.05, 0.1) is 16.4 Å². The number of thioether (sulfide) groups is 1. The van der Waals surface area contributed by atoms with Crippen molar-refractivity contribution in [2.75, 3.05) is 0 Å². The second-order valence-electron chi connectivity index (χ2n) is 7.15. The summed E-state index contributed by atoms with van der Waals surface area (Å²) in [5, 5.41) is 11.3. The molecule has 1 amide bonds. The largest absolute Gasteiger partial charge is 0.288 e. The Morgan fingerprint density at radius 1 is 1.09 bits per heavy atom. The normalized spacial score (nSPS) is 14.9. The molecule has 4 rings (SSSR count). The van der Waals surface area contributed by atoms with Gasteiger partial charge >= 0.3 is 0 Å². The molecule has 0 atom stereocenters. The molecule has 0 unspecified atom stereocenters. The third kappa shape index (κ3) is 5.09. The number of hydrogen-bond acceptors (Lipinski definition) is 6. The predicted molar refractivity (Wildman–Crippen MR) is 134 cm³/mol. The number of benzene rings is 3. The zero-order chi connectivity index (χ0) is 22.7. The van der Waals surface area contributed by atoms with Gasteiger partial charge in [-0.05, 0) is 42.3 Å². The van der Waals surface area contributed by atoms with Gasteiger partial charge in [-0.3, -0.25) is 19.8 Å². The first kappa shape index (κ1) is 22.3. The van der Waals surface area contributed by atoms with Crippen LogP contribution in [-0.4, -0.2) is 20.1 Å². The Balaban J connectivity index is 1.66. The van der Waals surface area contributed by atoms with Crippen molar-refractivity contribution < 1.29 is 9.72 Å². The zero-order valence-corrected chi connectivity index (χ0v) is 19.5. The standard InChI is InChI=1S/C24H18N2O3S3/c1-16-7-10-20(11-8-16)31-21-12-9-19(26(28)29)13-18(21)14-22-23(27)25(24(30)32-22)15-17-5-3-2-4-6-17/h2-14H,15H2,1H3/b22-14+. The highest BCUT2D eigenvalue weighted by Crippen LogP contribution is 2.38. The third-order valence-corrected chi connectivity index (χ3v) is 7.27. The summed E-state index contributed by atoms with van der Waals surface area (Å²) in [5.41, 5.74) is 2.73. The first-order valence-corrected chi connectivity index (χ1v) is 11.8. The van der Waals surface area contributed by atoms with Gasteiger partial charge in [-0.2, -0.15) is 0 Å². The molecule has 1 fully saturated rings. The highest BCUT2D eigenvalue weighted by Gasteiger charge is 2.32. The van der Waals surface area contributed by atoms with Gasteiger partial charge in [0.15, 0.2) is 0 Å². The summed E-state index contributed by atoms with van der Waals surface area (Å²) in [4.78, 5) is 27.8. The molecule has 0 spiro atoms. The van der Waals surface area contributed by atoms with Crippen molar-refractivity contribution in [3.63, 3.8) is 0 Å². The van der Waals surface area contributed by atoms with Crippen LogP contribution in [0.1, 0.15) is 16.7 Å². The molecule has 5 nitrogen and oxygen atoms in total. The number of carbonyl (C=O) groups excluding carboxylic acids is 1. The topological polar surface area (TPSA) is 63.5 Å². The fourth-order valence-corrected chi connectivity index (χ4v) is 5.28. The Bertz CT molecular complexity index is 1220. The number of thiocarbonyl (C=S) groups is 1. The number of non-ortho nitro benzene ring substituents is 1. The van der Waals surface area contributed by atoms with E-state index in [1.807, 2.05) is 61.5 Å². The molecule has 8 heteroatoms. The van der Waals surface area contributed by atoms with Crippen LogP contribution in [0.3, 0.4) is 0 Å². The molecule has 0 aliphatic carbocycles. The number of amides is 1. The van der Waals surface area contributed by atoms with E-state index < -0.39 is 4.92 Å². The lowest BCUT2D eigenvalue weighted by molar-refractivity contribution is -0.384. The maximum atomic E-state index is 13.1. The van der Waals surface area contributed by atoms with E-state index in [4.69, 9.17) is 12.2 Å². The van der Waals surface area contributed by atoms with E-state index in [-0.39, 0.29) is 11.6 Å². The van der Waals surface area contributed by atoms with Crippen LogP contribution in [0.25, 0.3) is 6.08 Å². The summed E-state index contributed by atoms with van der Waals surface area (Å²) in [6.45, 7) is 2.41. The number of nitrogens with zero attached hydrogens (tertiary/aromatic N) is 2. The SMILES string of the molecule is Cc1ccc(Sc2ccc([N+](=O)[O-])cc2/C=C2/SC(=S)N(Cc3ccccc3)C2=O)cc1. The summed E-state index contributed by atoms with van der Waals surface area (Å²) in [6, 6.07) is 22.4. The van der Waals surface area contributed by atoms with Crippen LogP contribution in [0.4, 0.5) is 5.69 Å². The van der Waals surface area contributed by atoms with Gasteiger partial charge in [0, 0.05) is 21.9 Å². The second-order valence-corrected chi connectivity index (χ2v) is 9.94. The van der Waals surface area contributed by atoms with Crippen LogP contribution < -0.4 is 0 Å². The number of hydrogen-bond donors (Lipinski definition) is 0. The van der Waals surface area contributed by atoms with E-state index >= 15 is 0 Å². The molecule has 3 aromatic carbocycles. The number of nitro benzene ring substituents is 1. The van der Waals surface area contributed by atoms with Crippen molar-refractivity contribution in [1.82, 2.24) is 4.90 Å². The highest BCUT2D eigenvalue weighted by atomic mass is 32.2. The van der Waals surface area contributed by atoms with E-state index in [0.717, 1.165) is 20.9 Å². The van der Waals surface area contributed by atoms with E-state index in [9.17, 15) is 14.9 Å². The van der Waals surface area contributed by atoms with Gasteiger partial charge in [0.1, 0.15) is 4.32 Å². The second kappa shape index (κ2) is 9.68. The molecule has 0 N–H and O–H groups in total. The van der Waals surface area contributed by atoms with Crippen LogP contribution >= 0.6 is 35.7 Å².